The van der Waals surface area contributed by atoms with E-state index in [1.807, 2.05) is 18.5 Å². The highest BCUT2D eigenvalue weighted by Gasteiger charge is 2.42. The lowest BCUT2D eigenvalue weighted by Crippen LogP contribution is -2.42. The van der Waals surface area contributed by atoms with E-state index in [1.54, 1.807) is 11.6 Å². The molecule has 6 nitrogen and oxygen atoms in total. The van der Waals surface area contributed by atoms with Gasteiger partial charge in [0.15, 0.2) is 9.84 Å². The SMILES string of the molecule is CCCn1c(C)c(N)c(=O)n1C1(C)CCS(=O)(=O)C1. The van der Waals surface area contributed by atoms with Gasteiger partial charge in [-0.3, -0.25) is 9.48 Å². The van der Waals surface area contributed by atoms with Gasteiger partial charge in [0.1, 0.15) is 5.69 Å². The monoisotopic (exact) mass is 287 g/mol. The average molecular weight is 287 g/mol. The predicted octanol–water partition coefficient (Wildman–Crippen LogP) is 0.484. The van der Waals surface area contributed by atoms with E-state index in [1.165, 1.54) is 0 Å². The van der Waals surface area contributed by atoms with Crippen molar-refractivity contribution in [2.75, 3.05) is 17.2 Å². The Balaban J connectivity index is 2.63. The molecule has 108 valence electrons. The summed E-state index contributed by atoms with van der Waals surface area (Å²) in [6, 6.07) is 0. The first-order chi connectivity index (χ1) is 8.72. The van der Waals surface area contributed by atoms with Gasteiger partial charge in [-0.1, -0.05) is 6.92 Å². The Hall–Kier alpha value is -1.24. The number of rotatable bonds is 3. The molecule has 1 aromatic rings. The molecule has 0 aromatic carbocycles. The molecule has 1 aliphatic heterocycles. The molecule has 0 bridgehead atoms. The first-order valence-electron chi connectivity index (χ1n) is 6.50. The van der Waals surface area contributed by atoms with Gasteiger partial charge in [0.2, 0.25) is 0 Å². The van der Waals surface area contributed by atoms with Crippen molar-refractivity contribution in [2.24, 2.45) is 0 Å². The molecule has 0 amide bonds. The number of nitrogen functional groups attached to an aromatic ring is 1. The van der Waals surface area contributed by atoms with E-state index < -0.39 is 15.4 Å². The van der Waals surface area contributed by atoms with Crippen molar-refractivity contribution in [3.63, 3.8) is 0 Å². The zero-order valence-corrected chi connectivity index (χ0v) is 12.5. The van der Waals surface area contributed by atoms with Crippen molar-refractivity contribution in [1.29, 1.82) is 0 Å². The van der Waals surface area contributed by atoms with Gasteiger partial charge in [-0.25, -0.2) is 13.1 Å². The first kappa shape index (κ1) is 14.2. The van der Waals surface area contributed by atoms with Crippen molar-refractivity contribution in [2.45, 2.75) is 45.7 Å². The number of hydrogen-bond acceptors (Lipinski definition) is 4. The van der Waals surface area contributed by atoms with Crippen molar-refractivity contribution in [1.82, 2.24) is 9.36 Å². The van der Waals surface area contributed by atoms with Crippen LogP contribution in [0.1, 0.15) is 32.4 Å². The highest BCUT2D eigenvalue weighted by atomic mass is 32.2. The average Bonchev–Trinajstić information content (AvgIpc) is 2.71. The molecule has 2 heterocycles. The number of anilines is 1. The number of nitrogens with zero attached hydrogens (tertiary/aromatic N) is 2. The van der Waals surface area contributed by atoms with E-state index in [0.29, 0.717) is 13.0 Å². The van der Waals surface area contributed by atoms with E-state index in [0.717, 1.165) is 12.1 Å². The highest BCUT2D eigenvalue weighted by Crippen LogP contribution is 2.30. The molecule has 1 unspecified atom stereocenters. The molecular weight excluding hydrogens is 266 g/mol. The van der Waals surface area contributed by atoms with E-state index >= 15 is 0 Å². The number of nitrogens with two attached hydrogens (primary N) is 1. The van der Waals surface area contributed by atoms with Crippen LogP contribution in [-0.4, -0.2) is 29.3 Å². The quantitative estimate of drug-likeness (QED) is 0.876. The van der Waals surface area contributed by atoms with Crippen molar-refractivity contribution >= 4 is 15.5 Å². The molecule has 0 spiro atoms. The molecule has 1 aromatic heterocycles. The molecule has 2 rings (SSSR count). The minimum absolute atomic E-state index is 0.00646. The van der Waals surface area contributed by atoms with Crippen LogP contribution >= 0.6 is 0 Å². The summed E-state index contributed by atoms with van der Waals surface area (Å²) in [5, 5.41) is 0. The van der Waals surface area contributed by atoms with Gasteiger partial charge in [0.25, 0.3) is 5.56 Å². The molecule has 1 saturated heterocycles. The molecule has 1 fully saturated rings. The molecule has 1 aliphatic rings. The Morgan fingerprint density at radius 2 is 2.05 bits per heavy atom. The van der Waals surface area contributed by atoms with Crippen molar-refractivity contribution in [3.05, 3.63) is 16.0 Å². The molecule has 0 radical (unpaired) electrons. The minimum Gasteiger partial charge on any atom is -0.393 e. The summed E-state index contributed by atoms with van der Waals surface area (Å²) in [6.07, 6.45) is 1.32. The molecule has 19 heavy (non-hydrogen) atoms. The second kappa shape index (κ2) is 4.40. The summed E-state index contributed by atoms with van der Waals surface area (Å²) in [4.78, 5) is 12.3. The number of aromatic nitrogens is 2. The summed E-state index contributed by atoms with van der Waals surface area (Å²) in [5.41, 5.74) is 5.81. The molecular formula is C12H21N3O3S. The predicted molar refractivity (Wildman–Crippen MR) is 75.1 cm³/mol. The van der Waals surface area contributed by atoms with Crippen molar-refractivity contribution < 1.29 is 8.42 Å². The maximum absolute atomic E-state index is 12.3. The third kappa shape index (κ3) is 2.20. The smallest absolute Gasteiger partial charge is 0.290 e. The van der Waals surface area contributed by atoms with Gasteiger partial charge in [-0.05, 0) is 26.7 Å². The van der Waals surface area contributed by atoms with Crippen LogP contribution in [0, 0.1) is 6.92 Å². The van der Waals surface area contributed by atoms with E-state index in [-0.39, 0.29) is 22.8 Å². The van der Waals surface area contributed by atoms with Gasteiger partial charge in [0, 0.05) is 6.54 Å². The normalized spacial score (nSPS) is 25.8. The molecule has 1 atom stereocenters. The number of sulfone groups is 1. The zero-order chi connectivity index (χ0) is 14.4. The Kier molecular flexibility index (Phi) is 3.28. The van der Waals surface area contributed by atoms with Gasteiger partial charge < -0.3 is 5.73 Å². The summed E-state index contributed by atoms with van der Waals surface area (Å²) in [5.74, 6) is 0.138. The Morgan fingerprint density at radius 1 is 1.42 bits per heavy atom. The highest BCUT2D eigenvalue weighted by molar-refractivity contribution is 7.91. The first-order valence-corrected chi connectivity index (χ1v) is 8.33. The molecule has 7 heteroatoms. The van der Waals surface area contributed by atoms with Gasteiger partial charge in [-0.15, -0.1) is 0 Å². The van der Waals surface area contributed by atoms with Crippen LogP contribution in [0.15, 0.2) is 4.79 Å². The van der Waals surface area contributed by atoms with Crippen LogP contribution in [-0.2, 0) is 21.9 Å². The summed E-state index contributed by atoms with van der Waals surface area (Å²) >= 11 is 0. The van der Waals surface area contributed by atoms with E-state index in [2.05, 4.69) is 0 Å². The van der Waals surface area contributed by atoms with E-state index in [4.69, 9.17) is 5.73 Å². The third-order valence-corrected chi connectivity index (χ3v) is 5.76. The Labute approximate surface area is 113 Å². The lowest BCUT2D eigenvalue weighted by Gasteiger charge is -2.27. The molecule has 0 aliphatic carbocycles. The fourth-order valence-electron chi connectivity index (χ4n) is 2.84. The number of hydrogen-bond donors (Lipinski definition) is 1. The lowest BCUT2D eigenvalue weighted by molar-refractivity contribution is 0.262. The summed E-state index contributed by atoms with van der Waals surface area (Å²) in [6.45, 7) is 6.30. The van der Waals surface area contributed by atoms with Crippen LogP contribution < -0.4 is 11.3 Å². The Bertz CT molecular complexity index is 656. The lowest BCUT2D eigenvalue weighted by atomic mass is 10.0. The summed E-state index contributed by atoms with van der Waals surface area (Å²) < 4.78 is 26.9. The van der Waals surface area contributed by atoms with Crippen LogP contribution in [0.3, 0.4) is 0 Å². The fourth-order valence-corrected chi connectivity index (χ4v) is 4.95. The van der Waals surface area contributed by atoms with Crippen LogP contribution in [0.2, 0.25) is 0 Å². The second-order valence-corrected chi connectivity index (χ2v) is 7.76. The largest absolute Gasteiger partial charge is 0.393 e. The molecule has 2 N–H and O–H groups in total. The standard InChI is InChI=1S/C12H21N3O3S/c1-4-6-14-9(2)10(13)11(16)15(14)12(3)5-7-19(17,18)8-12/h4-8,13H2,1-3H3. The zero-order valence-electron chi connectivity index (χ0n) is 11.6. The fraction of sp³-hybridized carbons (Fsp3) is 0.750. The topological polar surface area (TPSA) is 87.1 Å². The van der Waals surface area contributed by atoms with Gasteiger partial charge in [0.05, 0.1) is 22.7 Å². The third-order valence-electron chi connectivity index (χ3n) is 3.87. The van der Waals surface area contributed by atoms with Crippen LogP contribution in [0.4, 0.5) is 5.69 Å². The van der Waals surface area contributed by atoms with Gasteiger partial charge >= 0.3 is 0 Å². The summed E-state index contributed by atoms with van der Waals surface area (Å²) in [7, 11) is -3.07. The maximum Gasteiger partial charge on any atom is 0.290 e. The van der Waals surface area contributed by atoms with E-state index in [9.17, 15) is 13.2 Å². The van der Waals surface area contributed by atoms with Gasteiger partial charge in [-0.2, -0.15) is 0 Å². The maximum atomic E-state index is 12.3. The second-order valence-electron chi connectivity index (χ2n) is 5.58. The van der Waals surface area contributed by atoms with Crippen LogP contribution in [0.5, 0.6) is 0 Å². The van der Waals surface area contributed by atoms with Crippen LogP contribution in [0.25, 0.3) is 0 Å². The molecule has 0 saturated carbocycles. The minimum atomic E-state index is -3.07. The van der Waals surface area contributed by atoms with Crippen molar-refractivity contribution in [3.8, 4) is 0 Å². The Morgan fingerprint density at radius 3 is 2.53 bits per heavy atom.